The Labute approximate surface area is 149 Å². The van der Waals surface area contributed by atoms with Crippen molar-refractivity contribution in [2.75, 3.05) is 45.8 Å². The lowest BCUT2D eigenvalue weighted by atomic mass is 10.1. The van der Waals surface area contributed by atoms with E-state index in [1.54, 1.807) is 0 Å². The first-order chi connectivity index (χ1) is 12.0. The molecule has 3 saturated heterocycles. The van der Waals surface area contributed by atoms with Crippen LogP contribution >= 0.6 is 11.3 Å². The maximum absolute atomic E-state index is 12.6. The summed E-state index contributed by atoms with van der Waals surface area (Å²) >= 11 is 0.984. The van der Waals surface area contributed by atoms with Gasteiger partial charge in [0.1, 0.15) is 5.01 Å². The summed E-state index contributed by atoms with van der Waals surface area (Å²) in [5, 5.41) is 7.83. The van der Waals surface area contributed by atoms with Gasteiger partial charge in [-0.1, -0.05) is 0 Å². The van der Waals surface area contributed by atoms with Crippen molar-refractivity contribution in [3.05, 3.63) is 16.1 Å². The molecule has 0 saturated carbocycles. The van der Waals surface area contributed by atoms with Gasteiger partial charge in [-0.2, -0.15) is 13.2 Å². The van der Waals surface area contributed by atoms with Crippen molar-refractivity contribution in [3.63, 3.8) is 0 Å². The van der Waals surface area contributed by atoms with Crippen LogP contribution in [0, 0.1) is 0 Å². The number of rotatable bonds is 5. The largest absolute Gasteiger partial charge is 0.434 e. The molecule has 0 radical (unpaired) electrons. The first kappa shape index (κ1) is 18.4. The highest BCUT2D eigenvalue weighted by Gasteiger charge is 2.34. The van der Waals surface area contributed by atoms with Crippen molar-refractivity contribution in [2.45, 2.75) is 25.7 Å². The Bertz CT molecular complexity index is 594. The van der Waals surface area contributed by atoms with Crippen LogP contribution < -0.4 is 10.6 Å². The van der Waals surface area contributed by atoms with E-state index in [9.17, 15) is 13.2 Å². The third-order valence-electron chi connectivity index (χ3n) is 4.46. The Kier molecular flexibility index (Phi) is 5.80. The van der Waals surface area contributed by atoms with Gasteiger partial charge in [-0.25, -0.2) is 9.98 Å². The van der Waals surface area contributed by atoms with Crippen LogP contribution in [0.15, 0.2) is 10.4 Å². The van der Waals surface area contributed by atoms with Gasteiger partial charge in [0.15, 0.2) is 11.7 Å². The zero-order chi connectivity index (χ0) is 17.9. The van der Waals surface area contributed by atoms with Crippen LogP contribution in [0.4, 0.5) is 13.2 Å². The summed E-state index contributed by atoms with van der Waals surface area (Å²) in [5.74, 6) is 0.615. The monoisotopic (exact) mass is 376 g/mol. The Hall–Kier alpha value is -1.39. The fourth-order valence-corrected chi connectivity index (χ4v) is 3.86. The molecule has 6 nitrogen and oxygen atoms in total. The number of nitrogens with zero attached hydrogens (tertiary/aromatic N) is 4. The van der Waals surface area contributed by atoms with Gasteiger partial charge in [0.25, 0.3) is 0 Å². The molecule has 4 heterocycles. The number of hydrogen-bond donors (Lipinski definition) is 2. The Morgan fingerprint density at radius 3 is 2.64 bits per heavy atom. The predicted octanol–water partition coefficient (Wildman–Crippen LogP) is 1.22. The number of piperazine rings is 3. The zero-order valence-electron chi connectivity index (χ0n) is 14.1. The average Bonchev–Trinajstić information content (AvgIpc) is 3.08. The Morgan fingerprint density at radius 1 is 1.32 bits per heavy atom. The van der Waals surface area contributed by atoms with Crippen molar-refractivity contribution in [2.24, 2.45) is 4.99 Å². The first-order valence-corrected chi connectivity index (χ1v) is 9.34. The maximum Gasteiger partial charge on any atom is 0.434 e. The van der Waals surface area contributed by atoms with Gasteiger partial charge in [-0.15, -0.1) is 11.3 Å². The van der Waals surface area contributed by atoms with Gasteiger partial charge in [-0.3, -0.25) is 9.80 Å². The van der Waals surface area contributed by atoms with Crippen LogP contribution in [0.2, 0.25) is 0 Å². The molecule has 1 atom stereocenters. The number of nitrogens with one attached hydrogen (secondary N) is 2. The van der Waals surface area contributed by atoms with Crippen molar-refractivity contribution >= 4 is 17.3 Å². The highest BCUT2D eigenvalue weighted by atomic mass is 32.1. The molecule has 0 amide bonds. The third-order valence-corrected chi connectivity index (χ3v) is 5.29. The number of aliphatic imine (C=N–C) groups is 1. The van der Waals surface area contributed by atoms with E-state index in [0.29, 0.717) is 23.6 Å². The molecule has 25 heavy (non-hydrogen) atoms. The summed E-state index contributed by atoms with van der Waals surface area (Å²) < 4.78 is 37.8. The molecule has 0 aliphatic carbocycles. The molecular formula is C15H23F3N6S. The minimum absolute atomic E-state index is 0.136. The van der Waals surface area contributed by atoms with E-state index in [4.69, 9.17) is 0 Å². The smallest absolute Gasteiger partial charge is 0.357 e. The molecule has 2 N–H and O–H groups in total. The van der Waals surface area contributed by atoms with Gasteiger partial charge in [-0.05, 0) is 6.92 Å². The molecule has 3 aliphatic heterocycles. The normalized spacial score (nSPS) is 26.7. The topological polar surface area (TPSA) is 55.8 Å². The average molecular weight is 376 g/mol. The lowest BCUT2D eigenvalue weighted by molar-refractivity contribution is -0.140. The van der Waals surface area contributed by atoms with Crippen LogP contribution in [0.25, 0.3) is 0 Å². The number of aromatic nitrogens is 1. The molecule has 140 valence electrons. The summed E-state index contributed by atoms with van der Waals surface area (Å²) in [4.78, 5) is 12.9. The lowest BCUT2D eigenvalue weighted by Gasteiger charge is -2.47. The summed E-state index contributed by atoms with van der Waals surface area (Å²) in [6.45, 7) is 9.07. The predicted molar refractivity (Wildman–Crippen MR) is 91.7 cm³/mol. The molecule has 1 aromatic rings. The summed E-state index contributed by atoms with van der Waals surface area (Å²) in [7, 11) is 0. The second kappa shape index (κ2) is 7.88. The van der Waals surface area contributed by atoms with Crippen LogP contribution in [-0.2, 0) is 12.7 Å². The van der Waals surface area contributed by atoms with E-state index in [2.05, 4.69) is 30.4 Å². The number of guanidine groups is 1. The van der Waals surface area contributed by atoms with Gasteiger partial charge in [0.2, 0.25) is 0 Å². The molecular weight excluding hydrogens is 353 g/mol. The molecule has 10 heteroatoms. The Morgan fingerprint density at radius 2 is 2.08 bits per heavy atom. The lowest BCUT2D eigenvalue weighted by Crippen LogP contribution is -2.63. The number of alkyl halides is 3. The van der Waals surface area contributed by atoms with E-state index in [1.807, 2.05) is 6.92 Å². The molecule has 1 unspecified atom stereocenters. The fourth-order valence-electron chi connectivity index (χ4n) is 3.13. The van der Waals surface area contributed by atoms with E-state index >= 15 is 0 Å². The summed E-state index contributed by atoms with van der Waals surface area (Å²) in [6, 6.07) is 0.447. The molecule has 3 fully saturated rings. The molecule has 4 rings (SSSR count). The minimum atomic E-state index is -4.40. The van der Waals surface area contributed by atoms with E-state index in [1.165, 1.54) is 0 Å². The van der Waals surface area contributed by atoms with Crippen molar-refractivity contribution in [1.82, 2.24) is 25.4 Å². The molecule has 1 aromatic heterocycles. The second-order valence-electron chi connectivity index (χ2n) is 6.19. The third kappa shape index (κ3) is 4.83. The zero-order valence-corrected chi connectivity index (χ0v) is 15.0. The number of halogens is 3. The SMILES string of the molecule is CCNC(=NCc1nc(C(F)(F)F)cs1)NCC1CN2CCN1CC2. The van der Waals surface area contributed by atoms with Crippen LogP contribution in [0.1, 0.15) is 17.6 Å². The highest BCUT2D eigenvalue weighted by Crippen LogP contribution is 2.30. The van der Waals surface area contributed by atoms with Crippen LogP contribution in [0.5, 0.6) is 0 Å². The fraction of sp³-hybridized carbons (Fsp3) is 0.733. The standard InChI is InChI=1S/C15H23F3N6S/c1-2-19-14(20-7-11-9-23-3-5-24(11)6-4-23)21-8-13-22-12(10-25-13)15(16,17)18/h10-11H,2-9H2,1H3,(H2,19,20,21). The van der Waals surface area contributed by atoms with E-state index in [-0.39, 0.29) is 6.54 Å². The van der Waals surface area contributed by atoms with Crippen LogP contribution in [-0.4, -0.2) is 72.6 Å². The van der Waals surface area contributed by atoms with Crippen molar-refractivity contribution in [3.8, 4) is 0 Å². The van der Waals surface area contributed by atoms with Crippen LogP contribution in [0.3, 0.4) is 0 Å². The summed E-state index contributed by atoms with van der Waals surface area (Å²) in [6.07, 6.45) is -4.40. The van der Waals surface area contributed by atoms with E-state index in [0.717, 1.165) is 56.0 Å². The second-order valence-corrected chi connectivity index (χ2v) is 7.13. The minimum Gasteiger partial charge on any atom is -0.357 e. The molecule has 2 bridgehead atoms. The molecule has 0 aromatic carbocycles. The molecule has 0 spiro atoms. The number of hydrogen-bond acceptors (Lipinski definition) is 5. The number of thiazole rings is 1. The van der Waals surface area contributed by atoms with Gasteiger partial charge in [0, 0.05) is 57.2 Å². The van der Waals surface area contributed by atoms with Crippen molar-refractivity contribution < 1.29 is 13.2 Å². The summed E-state index contributed by atoms with van der Waals surface area (Å²) in [5.41, 5.74) is -0.847. The van der Waals surface area contributed by atoms with Gasteiger partial charge in [0.05, 0.1) is 6.54 Å². The van der Waals surface area contributed by atoms with Gasteiger partial charge >= 0.3 is 6.18 Å². The first-order valence-electron chi connectivity index (χ1n) is 8.46. The quantitative estimate of drug-likeness (QED) is 0.598. The highest BCUT2D eigenvalue weighted by molar-refractivity contribution is 7.09. The molecule has 3 aliphatic rings. The maximum atomic E-state index is 12.6. The Balaban J connectivity index is 1.55. The number of fused-ring (bicyclic) bond motifs is 3. The van der Waals surface area contributed by atoms with Gasteiger partial charge < -0.3 is 10.6 Å². The van der Waals surface area contributed by atoms with E-state index < -0.39 is 11.9 Å². The van der Waals surface area contributed by atoms with Crippen molar-refractivity contribution in [1.29, 1.82) is 0 Å².